The predicted molar refractivity (Wildman–Crippen MR) is 132 cm³/mol. The van der Waals surface area contributed by atoms with Gasteiger partial charge >= 0.3 is 0 Å². The van der Waals surface area contributed by atoms with Crippen molar-refractivity contribution in [3.05, 3.63) is 88.5 Å². The summed E-state index contributed by atoms with van der Waals surface area (Å²) in [5, 5.41) is 16.2. The third-order valence-corrected chi connectivity index (χ3v) is 7.23. The topological polar surface area (TPSA) is 42.7 Å². The van der Waals surface area contributed by atoms with E-state index in [0.717, 1.165) is 42.6 Å². The van der Waals surface area contributed by atoms with Gasteiger partial charge in [-0.1, -0.05) is 54.1 Å². The first-order chi connectivity index (χ1) is 15.3. The number of nitrogens with one attached hydrogen (secondary N) is 1. The van der Waals surface area contributed by atoms with E-state index in [0.29, 0.717) is 11.8 Å². The molecule has 0 radical (unpaired) electrons. The fraction of sp³-hybridized carbons (Fsp3) is 0.308. The summed E-state index contributed by atoms with van der Waals surface area (Å²) < 4.78 is 2.29. The van der Waals surface area contributed by atoms with Crippen LogP contribution in [0.2, 0.25) is 5.02 Å². The third kappa shape index (κ3) is 3.71. The number of hydrogen-bond acceptors (Lipinski definition) is 3. The van der Waals surface area contributed by atoms with E-state index in [-0.39, 0.29) is 12.4 Å². The van der Waals surface area contributed by atoms with E-state index >= 15 is 0 Å². The smallest absolute Gasteiger partial charge is 0.151 e. The quantitative estimate of drug-likeness (QED) is 0.366. The fourth-order valence-corrected chi connectivity index (χ4v) is 5.66. The lowest BCUT2D eigenvalue weighted by molar-refractivity contribution is 0.383. The molecule has 0 bridgehead atoms. The van der Waals surface area contributed by atoms with Crippen LogP contribution in [0, 0.1) is 0 Å². The molecule has 4 nitrogen and oxygen atoms in total. The average Bonchev–Trinajstić information content (AvgIpc) is 3.14. The molecule has 0 spiro atoms. The lowest BCUT2D eigenvalue weighted by Crippen LogP contribution is -2.17. The van der Waals surface area contributed by atoms with Crippen LogP contribution in [-0.4, -0.2) is 14.8 Å². The van der Waals surface area contributed by atoms with Crippen molar-refractivity contribution in [1.29, 1.82) is 0 Å². The van der Waals surface area contributed by atoms with Crippen LogP contribution in [0.3, 0.4) is 0 Å². The van der Waals surface area contributed by atoms with Crippen LogP contribution in [0.1, 0.15) is 60.3 Å². The fourth-order valence-electron chi connectivity index (χ4n) is 5.46. The van der Waals surface area contributed by atoms with Crippen molar-refractivity contribution in [2.24, 2.45) is 0 Å². The van der Waals surface area contributed by atoms with Gasteiger partial charge in [0.15, 0.2) is 5.82 Å². The Labute approximate surface area is 199 Å². The maximum absolute atomic E-state index is 6.27. The molecular formula is C26H26Cl2N4. The normalized spacial score (nSPS) is 20.2. The first-order valence-corrected chi connectivity index (χ1v) is 11.6. The molecule has 4 aromatic rings. The summed E-state index contributed by atoms with van der Waals surface area (Å²) in [6, 6.07) is 21.6. The van der Waals surface area contributed by atoms with Crippen molar-refractivity contribution in [3.8, 4) is 5.69 Å². The minimum atomic E-state index is 0. The molecule has 2 aliphatic rings. The van der Waals surface area contributed by atoms with Crippen LogP contribution in [0.4, 0.5) is 0 Å². The molecule has 1 saturated carbocycles. The SMILES string of the molecule is Cl.Clc1ccc2c(c1)CNCc1nnc([C@H]3CC[C@H](c4cccc5ccccc54)CC3)n1-2. The Hall–Kier alpha value is -2.40. The van der Waals surface area contributed by atoms with Gasteiger partial charge in [0.05, 0.1) is 12.2 Å². The van der Waals surface area contributed by atoms with Crippen molar-refractivity contribution >= 4 is 34.8 Å². The van der Waals surface area contributed by atoms with Crippen LogP contribution >= 0.6 is 24.0 Å². The molecule has 6 rings (SSSR count). The van der Waals surface area contributed by atoms with Gasteiger partial charge in [0, 0.05) is 17.5 Å². The van der Waals surface area contributed by atoms with Crippen molar-refractivity contribution in [1.82, 2.24) is 20.1 Å². The minimum absolute atomic E-state index is 0. The Morgan fingerprint density at radius 3 is 2.50 bits per heavy atom. The van der Waals surface area contributed by atoms with E-state index in [2.05, 4.69) is 74.7 Å². The molecule has 0 amide bonds. The van der Waals surface area contributed by atoms with Gasteiger partial charge in [-0.05, 0) is 71.7 Å². The number of fused-ring (bicyclic) bond motifs is 4. The van der Waals surface area contributed by atoms with Crippen LogP contribution in [0.15, 0.2) is 60.7 Å². The molecule has 0 atom stereocenters. The van der Waals surface area contributed by atoms with Gasteiger partial charge in [-0.3, -0.25) is 4.57 Å². The zero-order valence-electron chi connectivity index (χ0n) is 17.8. The molecule has 1 aliphatic carbocycles. The zero-order chi connectivity index (χ0) is 20.8. The summed E-state index contributed by atoms with van der Waals surface area (Å²) in [7, 11) is 0. The molecule has 3 aromatic carbocycles. The van der Waals surface area contributed by atoms with E-state index < -0.39 is 0 Å². The zero-order valence-corrected chi connectivity index (χ0v) is 19.4. The predicted octanol–water partition coefficient (Wildman–Crippen LogP) is 6.54. The highest BCUT2D eigenvalue weighted by Crippen LogP contribution is 2.42. The van der Waals surface area contributed by atoms with Gasteiger partial charge in [0.25, 0.3) is 0 Å². The Bertz CT molecular complexity index is 1250. The first kappa shape index (κ1) is 21.4. The molecule has 1 aliphatic heterocycles. The first-order valence-electron chi connectivity index (χ1n) is 11.2. The van der Waals surface area contributed by atoms with Crippen molar-refractivity contribution < 1.29 is 0 Å². The van der Waals surface area contributed by atoms with Gasteiger partial charge in [-0.15, -0.1) is 22.6 Å². The summed E-state index contributed by atoms with van der Waals surface area (Å²) >= 11 is 6.27. The maximum Gasteiger partial charge on any atom is 0.151 e. The summed E-state index contributed by atoms with van der Waals surface area (Å²) in [5.41, 5.74) is 3.87. The Morgan fingerprint density at radius 1 is 0.844 bits per heavy atom. The van der Waals surface area contributed by atoms with Gasteiger partial charge in [0.1, 0.15) is 5.82 Å². The molecule has 164 valence electrons. The summed E-state index contributed by atoms with van der Waals surface area (Å²) in [6.07, 6.45) is 4.66. The number of halogens is 2. The van der Waals surface area contributed by atoms with Crippen molar-refractivity contribution in [3.63, 3.8) is 0 Å². The van der Waals surface area contributed by atoms with Gasteiger partial charge in [-0.2, -0.15) is 0 Å². The second kappa shape index (κ2) is 8.86. The molecule has 6 heteroatoms. The van der Waals surface area contributed by atoms with Gasteiger partial charge in [-0.25, -0.2) is 0 Å². The van der Waals surface area contributed by atoms with E-state index in [4.69, 9.17) is 11.6 Å². The average molecular weight is 465 g/mol. The van der Waals surface area contributed by atoms with Crippen LogP contribution in [-0.2, 0) is 13.1 Å². The summed E-state index contributed by atoms with van der Waals surface area (Å²) in [5.74, 6) is 3.15. The molecular weight excluding hydrogens is 439 g/mol. The lowest BCUT2D eigenvalue weighted by atomic mass is 9.77. The standard InChI is InChI=1S/C26H25ClN4.ClH/c27-21-12-13-24-20(14-21)15-28-16-25-29-30-26(31(24)25)19-10-8-18(9-11-19)23-7-3-5-17-4-1-2-6-22(17)23;/h1-7,12-14,18-19,28H,8-11,15-16H2;1H/t18-,19-;. The van der Waals surface area contributed by atoms with E-state index in [9.17, 15) is 0 Å². The van der Waals surface area contributed by atoms with E-state index in [1.54, 1.807) is 0 Å². The molecule has 2 heterocycles. The summed E-state index contributed by atoms with van der Waals surface area (Å²) in [6.45, 7) is 1.52. The second-order valence-corrected chi connectivity index (χ2v) is 9.24. The summed E-state index contributed by atoms with van der Waals surface area (Å²) in [4.78, 5) is 0. The number of nitrogens with zero attached hydrogens (tertiary/aromatic N) is 3. The Balaban J connectivity index is 0.00000216. The number of benzene rings is 3. The third-order valence-electron chi connectivity index (χ3n) is 6.99. The van der Waals surface area contributed by atoms with Crippen molar-refractivity contribution in [2.75, 3.05) is 0 Å². The molecule has 0 unspecified atom stereocenters. The monoisotopic (exact) mass is 464 g/mol. The Kier molecular flexibility index (Phi) is 5.93. The van der Waals surface area contributed by atoms with Crippen molar-refractivity contribution in [2.45, 2.75) is 50.6 Å². The number of aromatic nitrogens is 3. The molecule has 1 aromatic heterocycles. The molecule has 32 heavy (non-hydrogen) atoms. The highest BCUT2D eigenvalue weighted by atomic mass is 35.5. The number of rotatable bonds is 2. The van der Waals surface area contributed by atoms with Crippen LogP contribution in [0.25, 0.3) is 16.5 Å². The number of hydrogen-bond donors (Lipinski definition) is 1. The largest absolute Gasteiger partial charge is 0.306 e. The molecule has 1 fully saturated rings. The lowest BCUT2D eigenvalue weighted by Gasteiger charge is -2.29. The van der Waals surface area contributed by atoms with Crippen LogP contribution in [0.5, 0.6) is 0 Å². The van der Waals surface area contributed by atoms with E-state index in [1.807, 2.05) is 6.07 Å². The minimum Gasteiger partial charge on any atom is -0.306 e. The highest BCUT2D eigenvalue weighted by molar-refractivity contribution is 6.30. The van der Waals surface area contributed by atoms with Gasteiger partial charge < -0.3 is 5.32 Å². The Morgan fingerprint density at radius 2 is 1.62 bits per heavy atom. The molecule has 1 N–H and O–H groups in total. The van der Waals surface area contributed by atoms with Crippen LogP contribution < -0.4 is 5.32 Å². The second-order valence-electron chi connectivity index (χ2n) is 8.80. The molecule has 0 saturated heterocycles. The highest BCUT2D eigenvalue weighted by Gasteiger charge is 2.30. The van der Waals surface area contributed by atoms with E-state index in [1.165, 1.54) is 40.4 Å². The maximum atomic E-state index is 6.27. The van der Waals surface area contributed by atoms with Gasteiger partial charge in [0.2, 0.25) is 0 Å².